The largest absolute Gasteiger partial charge is 0.467 e. The van der Waals surface area contributed by atoms with Crippen LogP contribution in [0.4, 0.5) is 4.79 Å². The van der Waals surface area contributed by atoms with E-state index in [0.29, 0.717) is 19.6 Å². The minimum absolute atomic E-state index is 0.341. The number of methoxy groups -OCH3 is 1. The molecule has 0 aromatic heterocycles. The van der Waals surface area contributed by atoms with Crippen molar-refractivity contribution in [3.8, 4) is 0 Å². The Bertz CT molecular complexity index is 1530. The number of cyclic esters (lactones) is 1. The molecule has 0 radical (unpaired) electrons. The average Bonchev–Trinajstić information content (AvgIpc) is 3.42. The molecule has 4 aromatic carbocycles. The summed E-state index contributed by atoms with van der Waals surface area (Å²) in [6.07, 6.45) is -1.44. The third-order valence-corrected chi connectivity index (χ3v) is 9.11. The minimum Gasteiger partial charge on any atom is -0.467 e. The summed E-state index contributed by atoms with van der Waals surface area (Å²) < 4.78 is 24.4. The topological polar surface area (TPSA) is 74.3 Å². The van der Waals surface area contributed by atoms with E-state index in [1.165, 1.54) is 7.11 Å². The molecule has 45 heavy (non-hydrogen) atoms. The van der Waals surface area contributed by atoms with Crippen molar-refractivity contribution in [1.82, 2.24) is 4.90 Å². The van der Waals surface area contributed by atoms with Crippen LogP contribution in [-0.2, 0) is 29.2 Å². The Morgan fingerprint density at radius 2 is 1.27 bits per heavy atom. The number of nitrogens with zero attached hydrogens (tertiary/aromatic N) is 1. The molecule has 0 bridgehead atoms. The lowest BCUT2D eigenvalue weighted by Gasteiger charge is -2.45. The summed E-state index contributed by atoms with van der Waals surface area (Å²) in [5.74, 6) is -0.523. The molecule has 2 fully saturated rings. The summed E-state index contributed by atoms with van der Waals surface area (Å²) in [5.41, 5.74) is 2.63. The van der Waals surface area contributed by atoms with E-state index in [9.17, 15) is 9.59 Å². The maximum Gasteiger partial charge on any atom is 0.411 e. The van der Waals surface area contributed by atoms with Crippen molar-refractivity contribution in [2.75, 3.05) is 20.3 Å². The van der Waals surface area contributed by atoms with Crippen molar-refractivity contribution >= 4 is 12.1 Å². The smallest absolute Gasteiger partial charge is 0.411 e. The molecule has 232 valence electrons. The zero-order valence-corrected chi connectivity index (χ0v) is 25.9. The van der Waals surface area contributed by atoms with Gasteiger partial charge in [-0.15, -0.1) is 0 Å². The molecule has 1 unspecified atom stereocenters. The molecule has 3 atom stereocenters. The number of carbonyl (C=O) groups is 2. The fraction of sp³-hybridized carbons (Fsp3) is 0.316. The molecule has 0 saturated carbocycles. The Labute approximate surface area is 264 Å². The third-order valence-electron chi connectivity index (χ3n) is 9.11. The summed E-state index contributed by atoms with van der Waals surface area (Å²) in [5, 5.41) is 0. The monoisotopic (exact) mass is 605 g/mol. The quantitative estimate of drug-likeness (QED) is 0.187. The first kappa shape index (κ1) is 30.6. The number of benzene rings is 4. The van der Waals surface area contributed by atoms with Gasteiger partial charge in [0.1, 0.15) is 12.1 Å². The van der Waals surface area contributed by atoms with Crippen LogP contribution in [0.5, 0.6) is 0 Å². The minimum atomic E-state index is -0.976. The van der Waals surface area contributed by atoms with Gasteiger partial charge >= 0.3 is 12.1 Å². The lowest BCUT2D eigenvalue weighted by atomic mass is 9.74. The summed E-state index contributed by atoms with van der Waals surface area (Å²) in [6, 6.07) is 38.3. The number of ether oxygens (including phenoxy) is 4. The molecule has 7 heteroatoms. The third kappa shape index (κ3) is 5.98. The van der Waals surface area contributed by atoms with Gasteiger partial charge in [0.25, 0.3) is 0 Å². The lowest BCUT2D eigenvalue weighted by molar-refractivity contribution is -0.218. The van der Waals surface area contributed by atoms with E-state index in [4.69, 9.17) is 18.9 Å². The van der Waals surface area contributed by atoms with Gasteiger partial charge in [-0.1, -0.05) is 135 Å². The van der Waals surface area contributed by atoms with Crippen LogP contribution >= 0.6 is 0 Å². The summed E-state index contributed by atoms with van der Waals surface area (Å²) in [6.45, 7) is 4.70. The fourth-order valence-electron chi connectivity index (χ4n) is 6.79. The maximum atomic E-state index is 13.8. The number of amides is 1. The van der Waals surface area contributed by atoms with Gasteiger partial charge in [-0.25, -0.2) is 9.59 Å². The van der Waals surface area contributed by atoms with Crippen molar-refractivity contribution in [3.05, 3.63) is 144 Å². The van der Waals surface area contributed by atoms with Crippen molar-refractivity contribution in [2.24, 2.45) is 5.41 Å². The van der Waals surface area contributed by atoms with Gasteiger partial charge in [0.15, 0.2) is 12.4 Å². The van der Waals surface area contributed by atoms with Gasteiger partial charge in [0.2, 0.25) is 0 Å². The molecular weight excluding hydrogens is 566 g/mol. The van der Waals surface area contributed by atoms with Gasteiger partial charge in [-0.3, -0.25) is 4.90 Å². The van der Waals surface area contributed by atoms with Crippen LogP contribution in [0, 0.1) is 5.41 Å². The second kappa shape index (κ2) is 12.9. The van der Waals surface area contributed by atoms with Crippen LogP contribution in [0.2, 0.25) is 0 Å². The molecule has 2 aliphatic heterocycles. The molecule has 0 N–H and O–H groups in total. The van der Waals surface area contributed by atoms with Crippen LogP contribution in [0.25, 0.3) is 0 Å². The predicted molar refractivity (Wildman–Crippen MR) is 170 cm³/mol. The molecule has 2 aliphatic rings. The van der Waals surface area contributed by atoms with Gasteiger partial charge < -0.3 is 18.9 Å². The van der Waals surface area contributed by atoms with Crippen molar-refractivity contribution in [1.29, 1.82) is 0 Å². The lowest BCUT2D eigenvalue weighted by Crippen LogP contribution is -2.54. The zero-order chi connectivity index (χ0) is 31.4. The van der Waals surface area contributed by atoms with Gasteiger partial charge in [-0.05, 0) is 22.3 Å². The Morgan fingerprint density at radius 1 is 0.800 bits per heavy atom. The molecule has 2 heterocycles. The Kier molecular flexibility index (Phi) is 8.74. The van der Waals surface area contributed by atoms with Crippen molar-refractivity contribution < 1.29 is 28.5 Å². The molecular formula is C38H39NO6. The van der Waals surface area contributed by atoms with Crippen LogP contribution in [-0.4, -0.2) is 49.6 Å². The first-order valence-corrected chi connectivity index (χ1v) is 15.3. The van der Waals surface area contributed by atoms with E-state index in [2.05, 4.69) is 24.3 Å². The Balaban J connectivity index is 1.29. The van der Waals surface area contributed by atoms with E-state index in [1.807, 2.05) is 111 Å². The van der Waals surface area contributed by atoms with Crippen LogP contribution in [0.1, 0.15) is 54.7 Å². The second-order valence-corrected chi connectivity index (χ2v) is 12.5. The molecule has 4 aromatic rings. The molecule has 1 amide bonds. The molecule has 7 nitrogen and oxygen atoms in total. The summed E-state index contributed by atoms with van der Waals surface area (Å²) >= 11 is 0. The second-order valence-electron chi connectivity index (χ2n) is 12.5. The van der Waals surface area contributed by atoms with Gasteiger partial charge in [-0.2, -0.15) is 0 Å². The number of hydrogen-bond donors (Lipinski definition) is 0. The number of hydrogen-bond acceptors (Lipinski definition) is 6. The zero-order valence-electron chi connectivity index (χ0n) is 25.9. The van der Waals surface area contributed by atoms with E-state index in [-0.39, 0.29) is 0 Å². The first-order valence-electron chi connectivity index (χ1n) is 15.3. The van der Waals surface area contributed by atoms with Crippen LogP contribution in [0.15, 0.2) is 121 Å². The first-order chi connectivity index (χ1) is 21.8. The fourth-order valence-corrected chi connectivity index (χ4v) is 6.79. The SMILES string of the molecule is COC(=O)[C@@H](N1C(=O)O[C@H](c2ccccc2)C1c1ccccc1)C(C)(C)CC1OCC(c2ccccc2)(c2ccccc2)CO1. The highest BCUT2D eigenvalue weighted by Gasteiger charge is 2.54. The maximum absolute atomic E-state index is 13.8. The summed E-state index contributed by atoms with van der Waals surface area (Å²) in [4.78, 5) is 29.0. The Morgan fingerprint density at radius 3 is 1.76 bits per heavy atom. The van der Waals surface area contributed by atoms with Crippen molar-refractivity contribution in [2.45, 2.75) is 50.2 Å². The van der Waals surface area contributed by atoms with E-state index >= 15 is 0 Å². The van der Waals surface area contributed by atoms with E-state index in [1.54, 1.807) is 4.90 Å². The standard InChI is InChI=1S/C38H39NO6/c1-37(2,24-31-43-25-38(26-44-31,29-20-12-6-13-21-29)30-22-14-7-15-23-30)34(35(40)42-3)39-32(27-16-8-4-9-17-27)33(45-36(39)41)28-18-10-5-11-19-28/h4-23,31-34H,24-26H2,1-3H3/t32?,33-,34-/m1/s1. The van der Waals surface area contributed by atoms with E-state index < -0.39 is 47.4 Å². The highest BCUT2D eigenvalue weighted by Crippen LogP contribution is 2.48. The Hall–Kier alpha value is -4.46. The highest BCUT2D eigenvalue weighted by atomic mass is 16.7. The van der Waals surface area contributed by atoms with Crippen LogP contribution in [0.3, 0.4) is 0 Å². The molecule has 0 aliphatic carbocycles. The summed E-state index contributed by atoms with van der Waals surface area (Å²) in [7, 11) is 1.35. The molecule has 0 spiro atoms. The normalized spacial score (nSPS) is 20.8. The average molecular weight is 606 g/mol. The van der Waals surface area contributed by atoms with E-state index in [0.717, 1.165) is 22.3 Å². The number of esters is 1. The number of carbonyl (C=O) groups excluding carboxylic acids is 2. The van der Waals surface area contributed by atoms with Gasteiger partial charge in [0.05, 0.1) is 25.7 Å². The van der Waals surface area contributed by atoms with Crippen LogP contribution < -0.4 is 0 Å². The predicted octanol–water partition coefficient (Wildman–Crippen LogP) is 7.24. The van der Waals surface area contributed by atoms with Crippen molar-refractivity contribution in [3.63, 3.8) is 0 Å². The van der Waals surface area contributed by atoms with Gasteiger partial charge in [0, 0.05) is 11.8 Å². The molecule has 2 saturated heterocycles. The number of rotatable bonds is 9. The highest BCUT2D eigenvalue weighted by molar-refractivity contribution is 5.84. The molecule has 6 rings (SSSR count).